The summed E-state index contributed by atoms with van der Waals surface area (Å²) >= 11 is 5.66. The smallest absolute Gasteiger partial charge is 0.288 e. The van der Waals surface area contributed by atoms with Crippen molar-refractivity contribution in [2.75, 3.05) is 5.32 Å². The van der Waals surface area contributed by atoms with Gasteiger partial charge in [0.2, 0.25) is 0 Å². The first kappa shape index (κ1) is 13.6. The first-order chi connectivity index (χ1) is 9.51. The van der Waals surface area contributed by atoms with Crippen molar-refractivity contribution in [2.24, 2.45) is 0 Å². The van der Waals surface area contributed by atoms with Crippen LogP contribution in [0.5, 0.6) is 0 Å². The Bertz CT molecular complexity index is 698. The number of benzene rings is 1. The molecule has 9 nitrogen and oxygen atoms in total. The number of carbonyl (C=O) groups excluding carboxylic acids is 1. The standard InChI is InChI=1S/C10H7ClN6O3/c1-2-16-14-10(13-15-16)12-9(18)6-3-4-7(11)8(5-6)17(19)20/h2-5H,1H2,(H,12,14,18). The predicted octanol–water partition coefficient (Wildman–Crippen LogP) is 1.59. The molecule has 0 unspecified atom stereocenters. The first-order valence-electron chi connectivity index (χ1n) is 5.18. The van der Waals surface area contributed by atoms with Crippen LogP contribution in [0.25, 0.3) is 6.20 Å². The summed E-state index contributed by atoms with van der Waals surface area (Å²) in [6.07, 6.45) is 1.29. The van der Waals surface area contributed by atoms with Gasteiger partial charge in [0.25, 0.3) is 17.5 Å². The van der Waals surface area contributed by atoms with Crippen LogP contribution in [0, 0.1) is 10.1 Å². The van der Waals surface area contributed by atoms with Gasteiger partial charge in [0.1, 0.15) is 5.02 Å². The molecule has 2 rings (SSSR count). The monoisotopic (exact) mass is 294 g/mol. The molecule has 0 atom stereocenters. The van der Waals surface area contributed by atoms with E-state index in [9.17, 15) is 14.9 Å². The van der Waals surface area contributed by atoms with E-state index >= 15 is 0 Å². The Hall–Kier alpha value is -2.81. The summed E-state index contributed by atoms with van der Waals surface area (Å²) in [6, 6.07) is 3.68. The van der Waals surface area contributed by atoms with Crippen molar-refractivity contribution in [3.63, 3.8) is 0 Å². The van der Waals surface area contributed by atoms with E-state index in [0.29, 0.717) is 0 Å². The van der Waals surface area contributed by atoms with E-state index in [-0.39, 0.29) is 22.2 Å². The molecule has 1 heterocycles. The maximum atomic E-state index is 11.9. The van der Waals surface area contributed by atoms with Crippen molar-refractivity contribution in [3.05, 3.63) is 45.5 Å². The molecule has 0 spiro atoms. The van der Waals surface area contributed by atoms with Crippen LogP contribution in [0.2, 0.25) is 5.02 Å². The quantitative estimate of drug-likeness (QED) is 0.676. The molecule has 0 aliphatic carbocycles. The van der Waals surface area contributed by atoms with Gasteiger partial charge in [-0.15, -0.1) is 9.90 Å². The number of tetrazole rings is 1. The van der Waals surface area contributed by atoms with Gasteiger partial charge in [-0.2, -0.15) is 0 Å². The topological polar surface area (TPSA) is 116 Å². The third-order valence-electron chi connectivity index (χ3n) is 2.22. The van der Waals surface area contributed by atoms with E-state index in [2.05, 4.69) is 27.3 Å². The second-order valence-electron chi connectivity index (χ2n) is 3.49. The third kappa shape index (κ3) is 2.78. The first-order valence-corrected chi connectivity index (χ1v) is 5.56. The maximum Gasteiger partial charge on any atom is 0.288 e. The van der Waals surface area contributed by atoms with Crippen LogP contribution in [-0.4, -0.2) is 31.0 Å². The second-order valence-corrected chi connectivity index (χ2v) is 3.90. The minimum atomic E-state index is -0.675. The third-order valence-corrected chi connectivity index (χ3v) is 2.54. The van der Waals surface area contributed by atoms with Gasteiger partial charge in [-0.05, 0) is 17.3 Å². The highest BCUT2D eigenvalue weighted by Gasteiger charge is 2.17. The van der Waals surface area contributed by atoms with Crippen molar-refractivity contribution in [1.82, 2.24) is 20.2 Å². The Morgan fingerprint density at radius 3 is 2.90 bits per heavy atom. The fraction of sp³-hybridized carbons (Fsp3) is 0. The highest BCUT2D eigenvalue weighted by Crippen LogP contribution is 2.25. The normalized spacial score (nSPS) is 10.1. The van der Waals surface area contributed by atoms with Crippen molar-refractivity contribution in [2.45, 2.75) is 0 Å². The number of hydrogen-bond donors (Lipinski definition) is 1. The molecule has 0 aliphatic rings. The molecule has 10 heteroatoms. The van der Waals surface area contributed by atoms with Crippen LogP contribution in [0.4, 0.5) is 11.6 Å². The minimum absolute atomic E-state index is 0.0486. The lowest BCUT2D eigenvalue weighted by Crippen LogP contribution is -2.13. The number of anilines is 1. The molecule has 1 aromatic carbocycles. The number of amides is 1. The van der Waals surface area contributed by atoms with Gasteiger partial charge in [0, 0.05) is 17.8 Å². The van der Waals surface area contributed by atoms with E-state index in [0.717, 1.165) is 10.9 Å². The molecule has 0 bridgehead atoms. The molecule has 0 saturated carbocycles. The van der Waals surface area contributed by atoms with Crippen LogP contribution < -0.4 is 5.32 Å². The molecule has 1 amide bonds. The summed E-state index contributed by atoms with van der Waals surface area (Å²) in [5.41, 5.74) is -0.307. The van der Waals surface area contributed by atoms with Gasteiger partial charge in [0.05, 0.1) is 4.92 Å². The molecule has 0 fully saturated rings. The highest BCUT2D eigenvalue weighted by atomic mass is 35.5. The molecular weight excluding hydrogens is 288 g/mol. The van der Waals surface area contributed by atoms with E-state index in [1.54, 1.807) is 0 Å². The van der Waals surface area contributed by atoms with Gasteiger partial charge >= 0.3 is 0 Å². The summed E-state index contributed by atoms with van der Waals surface area (Å²) in [6.45, 7) is 3.42. The lowest BCUT2D eigenvalue weighted by atomic mass is 10.2. The predicted molar refractivity (Wildman–Crippen MR) is 70.3 cm³/mol. The minimum Gasteiger partial charge on any atom is -0.288 e. The number of nitrogens with one attached hydrogen (secondary N) is 1. The van der Waals surface area contributed by atoms with Crippen LogP contribution >= 0.6 is 11.6 Å². The molecule has 20 heavy (non-hydrogen) atoms. The Morgan fingerprint density at radius 1 is 1.55 bits per heavy atom. The second kappa shape index (κ2) is 5.45. The molecule has 0 aliphatic heterocycles. The number of nitrogens with zero attached hydrogens (tertiary/aromatic N) is 5. The molecule has 0 saturated heterocycles. The van der Waals surface area contributed by atoms with Crippen molar-refractivity contribution in [1.29, 1.82) is 0 Å². The molecule has 1 N–H and O–H groups in total. The SMILES string of the molecule is C=Cn1nnc(NC(=O)c2ccc(Cl)c([N+](=O)[O-])c2)n1. The summed E-state index contributed by atoms with van der Waals surface area (Å²) in [5, 5.41) is 23.9. The van der Waals surface area contributed by atoms with Gasteiger partial charge in [-0.25, -0.2) is 0 Å². The lowest BCUT2D eigenvalue weighted by Gasteiger charge is -2.01. The number of carbonyl (C=O) groups is 1. The largest absolute Gasteiger partial charge is 0.288 e. The summed E-state index contributed by atoms with van der Waals surface area (Å²) in [5.74, 6) is -0.666. The van der Waals surface area contributed by atoms with E-state index in [4.69, 9.17) is 11.6 Å². The van der Waals surface area contributed by atoms with E-state index in [1.165, 1.54) is 18.3 Å². The Balaban J connectivity index is 2.23. The fourth-order valence-electron chi connectivity index (χ4n) is 1.32. The molecule has 2 aromatic rings. The molecule has 0 radical (unpaired) electrons. The Kier molecular flexibility index (Phi) is 3.71. The van der Waals surface area contributed by atoms with Gasteiger partial charge in [0.15, 0.2) is 0 Å². The number of nitro groups is 1. The van der Waals surface area contributed by atoms with E-state index in [1.807, 2.05) is 0 Å². The summed E-state index contributed by atoms with van der Waals surface area (Å²) in [7, 11) is 0. The number of rotatable bonds is 4. The maximum absolute atomic E-state index is 11.9. The zero-order valence-electron chi connectivity index (χ0n) is 9.86. The van der Waals surface area contributed by atoms with Crippen molar-refractivity contribution >= 4 is 35.3 Å². The zero-order valence-corrected chi connectivity index (χ0v) is 10.6. The summed E-state index contributed by atoms with van der Waals surface area (Å²) < 4.78 is 0. The molecule has 102 valence electrons. The fourth-order valence-corrected chi connectivity index (χ4v) is 1.51. The number of nitro benzene ring substituents is 1. The molecular formula is C10H7ClN6O3. The number of aromatic nitrogens is 4. The number of halogens is 1. The molecule has 1 aromatic heterocycles. The number of hydrogen-bond acceptors (Lipinski definition) is 6. The lowest BCUT2D eigenvalue weighted by molar-refractivity contribution is -0.384. The highest BCUT2D eigenvalue weighted by molar-refractivity contribution is 6.32. The van der Waals surface area contributed by atoms with Crippen LogP contribution in [0.3, 0.4) is 0 Å². The van der Waals surface area contributed by atoms with Gasteiger partial charge in [-0.1, -0.05) is 23.3 Å². The van der Waals surface area contributed by atoms with Crippen molar-refractivity contribution in [3.8, 4) is 0 Å². The average molecular weight is 295 g/mol. The van der Waals surface area contributed by atoms with E-state index < -0.39 is 10.8 Å². The van der Waals surface area contributed by atoms with Gasteiger partial charge < -0.3 is 0 Å². The Labute approximate surface area is 117 Å². The van der Waals surface area contributed by atoms with Crippen LogP contribution in [0.15, 0.2) is 24.8 Å². The van der Waals surface area contributed by atoms with Crippen molar-refractivity contribution < 1.29 is 9.72 Å². The Morgan fingerprint density at radius 2 is 2.30 bits per heavy atom. The van der Waals surface area contributed by atoms with Gasteiger partial charge in [-0.3, -0.25) is 20.2 Å². The summed E-state index contributed by atoms with van der Waals surface area (Å²) in [4.78, 5) is 23.0. The van der Waals surface area contributed by atoms with Crippen LogP contribution in [-0.2, 0) is 0 Å². The van der Waals surface area contributed by atoms with Crippen LogP contribution in [0.1, 0.15) is 10.4 Å². The average Bonchev–Trinajstić information content (AvgIpc) is 2.86. The zero-order chi connectivity index (χ0) is 14.7.